The van der Waals surface area contributed by atoms with E-state index in [9.17, 15) is 4.79 Å². The van der Waals surface area contributed by atoms with Gasteiger partial charge in [0.05, 0.1) is 6.54 Å². The van der Waals surface area contributed by atoms with Gasteiger partial charge in [-0.2, -0.15) is 4.37 Å². The van der Waals surface area contributed by atoms with Gasteiger partial charge in [0.25, 0.3) is 0 Å². The summed E-state index contributed by atoms with van der Waals surface area (Å²) >= 11 is 7.20. The van der Waals surface area contributed by atoms with Crippen LogP contribution >= 0.6 is 23.1 Å². The maximum Gasteiger partial charge on any atom is 0.243 e. The molecule has 22 heavy (non-hydrogen) atoms. The SMILES string of the molecule is CN(CC(=O)Nc1cccc(Cl)c1)c1nc(C(C)(C)C)ns1. The van der Waals surface area contributed by atoms with Gasteiger partial charge in [0.1, 0.15) is 5.82 Å². The number of hydrogen-bond acceptors (Lipinski definition) is 5. The molecule has 118 valence electrons. The fraction of sp³-hybridized carbons (Fsp3) is 0.400. The van der Waals surface area contributed by atoms with E-state index in [1.165, 1.54) is 11.5 Å². The zero-order valence-electron chi connectivity index (χ0n) is 13.1. The Balaban J connectivity index is 1.98. The van der Waals surface area contributed by atoms with Crippen LogP contribution in [0, 0.1) is 0 Å². The van der Waals surface area contributed by atoms with E-state index in [4.69, 9.17) is 11.6 Å². The van der Waals surface area contributed by atoms with Crippen LogP contribution in [0.2, 0.25) is 5.02 Å². The first kappa shape index (κ1) is 16.7. The molecule has 1 heterocycles. The zero-order valence-corrected chi connectivity index (χ0v) is 14.6. The third-order valence-corrected chi connectivity index (χ3v) is 3.97. The Morgan fingerprint density at radius 2 is 2.14 bits per heavy atom. The van der Waals surface area contributed by atoms with Gasteiger partial charge < -0.3 is 10.2 Å². The highest BCUT2D eigenvalue weighted by molar-refractivity contribution is 7.09. The maximum absolute atomic E-state index is 12.1. The van der Waals surface area contributed by atoms with Gasteiger partial charge in [-0.05, 0) is 18.2 Å². The van der Waals surface area contributed by atoms with Crippen molar-refractivity contribution in [2.24, 2.45) is 0 Å². The molecule has 0 saturated heterocycles. The molecule has 0 fully saturated rings. The fourth-order valence-electron chi connectivity index (χ4n) is 1.72. The predicted molar refractivity (Wildman–Crippen MR) is 92.0 cm³/mol. The minimum absolute atomic E-state index is 0.0986. The summed E-state index contributed by atoms with van der Waals surface area (Å²) in [5.74, 6) is 0.659. The summed E-state index contributed by atoms with van der Waals surface area (Å²) in [5.41, 5.74) is 0.581. The number of anilines is 2. The molecule has 0 aliphatic heterocycles. The summed E-state index contributed by atoms with van der Waals surface area (Å²) in [7, 11) is 1.82. The molecule has 1 N–H and O–H groups in total. The van der Waals surface area contributed by atoms with Crippen LogP contribution in [0.3, 0.4) is 0 Å². The number of carbonyl (C=O) groups excluding carboxylic acids is 1. The van der Waals surface area contributed by atoms with Gasteiger partial charge in [0.15, 0.2) is 0 Å². The molecular formula is C15H19ClN4OS. The molecule has 0 radical (unpaired) electrons. The lowest BCUT2D eigenvalue weighted by atomic mass is 9.96. The summed E-state index contributed by atoms with van der Waals surface area (Å²) in [6.07, 6.45) is 0. The van der Waals surface area contributed by atoms with Crippen molar-refractivity contribution in [2.45, 2.75) is 26.2 Å². The van der Waals surface area contributed by atoms with Gasteiger partial charge in [-0.3, -0.25) is 4.79 Å². The topological polar surface area (TPSA) is 58.1 Å². The molecule has 0 atom stereocenters. The molecule has 0 aliphatic rings. The molecule has 1 aromatic heterocycles. The Morgan fingerprint density at radius 3 is 2.73 bits per heavy atom. The van der Waals surface area contributed by atoms with Gasteiger partial charge >= 0.3 is 0 Å². The van der Waals surface area contributed by atoms with Crippen LogP contribution in [-0.4, -0.2) is 28.9 Å². The highest BCUT2D eigenvalue weighted by Gasteiger charge is 2.21. The molecule has 0 unspecified atom stereocenters. The Bertz CT molecular complexity index is 666. The van der Waals surface area contributed by atoms with Crippen molar-refractivity contribution in [1.82, 2.24) is 9.36 Å². The first-order valence-electron chi connectivity index (χ1n) is 6.86. The number of nitrogens with zero attached hydrogens (tertiary/aromatic N) is 3. The van der Waals surface area contributed by atoms with Crippen LogP contribution in [0.15, 0.2) is 24.3 Å². The van der Waals surface area contributed by atoms with E-state index in [1.54, 1.807) is 29.2 Å². The Morgan fingerprint density at radius 1 is 1.41 bits per heavy atom. The van der Waals surface area contributed by atoms with E-state index < -0.39 is 0 Å². The van der Waals surface area contributed by atoms with E-state index in [1.807, 2.05) is 7.05 Å². The third-order valence-electron chi connectivity index (χ3n) is 2.90. The van der Waals surface area contributed by atoms with Gasteiger partial charge in [0.2, 0.25) is 11.0 Å². The van der Waals surface area contributed by atoms with E-state index >= 15 is 0 Å². The van der Waals surface area contributed by atoms with Gasteiger partial charge in [-0.25, -0.2) is 4.98 Å². The Hall–Kier alpha value is -1.66. The Kier molecular flexibility index (Phi) is 5.03. The fourth-order valence-corrected chi connectivity index (χ4v) is 2.73. The van der Waals surface area contributed by atoms with Gasteiger partial charge in [0, 0.05) is 34.7 Å². The van der Waals surface area contributed by atoms with Crippen LogP contribution in [-0.2, 0) is 10.2 Å². The lowest BCUT2D eigenvalue weighted by molar-refractivity contribution is -0.114. The average Bonchev–Trinajstić information content (AvgIpc) is 2.87. The highest BCUT2D eigenvalue weighted by atomic mass is 35.5. The van der Waals surface area contributed by atoms with Crippen LogP contribution in [0.5, 0.6) is 0 Å². The molecule has 0 bridgehead atoms. The number of hydrogen-bond donors (Lipinski definition) is 1. The Labute approximate surface area is 139 Å². The number of nitrogens with one attached hydrogen (secondary N) is 1. The second-order valence-electron chi connectivity index (χ2n) is 6.07. The molecule has 0 saturated carbocycles. The number of aromatic nitrogens is 2. The summed E-state index contributed by atoms with van der Waals surface area (Å²) < 4.78 is 4.35. The molecule has 2 aromatic rings. The van der Waals surface area contributed by atoms with E-state index in [0.29, 0.717) is 10.7 Å². The number of rotatable bonds is 4. The zero-order chi connectivity index (χ0) is 16.3. The van der Waals surface area contributed by atoms with Crippen molar-refractivity contribution < 1.29 is 4.79 Å². The minimum atomic E-state index is -0.128. The maximum atomic E-state index is 12.1. The lowest BCUT2D eigenvalue weighted by Gasteiger charge is -2.16. The number of amides is 1. The van der Waals surface area contributed by atoms with Crippen molar-refractivity contribution >= 4 is 39.9 Å². The molecular weight excluding hydrogens is 320 g/mol. The summed E-state index contributed by atoms with van der Waals surface area (Å²) in [6.45, 7) is 6.38. The largest absolute Gasteiger partial charge is 0.341 e. The molecule has 0 aliphatic carbocycles. The smallest absolute Gasteiger partial charge is 0.243 e. The van der Waals surface area contributed by atoms with E-state index in [2.05, 4.69) is 35.4 Å². The predicted octanol–water partition coefficient (Wildman–Crippen LogP) is 3.56. The van der Waals surface area contributed by atoms with E-state index in [-0.39, 0.29) is 17.9 Å². The van der Waals surface area contributed by atoms with Crippen LogP contribution < -0.4 is 10.2 Å². The molecule has 5 nitrogen and oxygen atoms in total. The van der Waals surface area contributed by atoms with Gasteiger partial charge in [-0.15, -0.1) is 0 Å². The summed E-state index contributed by atoms with van der Waals surface area (Å²) in [5, 5.41) is 4.13. The number of benzene rings is 1. The van der Waals surface area contributed by atoms with Gasteiger partial charge in [-0.1, -0.05) is 38.4 Å². The monoisotopic (exact) mass is 338 g/mol. The first-order valence-corrected chi connectivity index (χ1v) is 8.01. The van der Waals surface area contributed by atoms with Crippen LogP contribution in [0.1, 0.15) is 26.6 Å². The highest BCUT2D eigenvalue weighted by Crippen LogP contribution is 2.24. The summed E-state index contributed by atoms with van der Waals surface area (Å²) in [4.78, 5) is 18.3. The lowest BCUT2D eigenvalue weighted by Crippen LogP contribution is -2.30. The van der Waals surface area contributed by atoms with Crippen molar-refractivity contribution in [3.05, 3.63) is 35.1 Å². The molecule has 0 spiro atoms. The minimum Gasteiger partial charge on any atom is -0.341 e. The quantitative estimate of drug-likeness (QED) is 0.926. The summed E-state index contributed by atoms with van der Waals surface area (Å²) in [6, 6.07) is 7.06. The molecule has 2 rings (SSSR count). The second kappa shape index (κ2) is 6.62. The second-order valence-corrected chi connectivity index (χ2v) is 7.23. The van der Waals surface area contributed by atoms with Crippen LogP contribution in [0.4, 0.5) is 10.8 Å². The standard InChI is InChI=1S/C15H19ClN4OS/c1-15(2,3)13-18-14(22-19-13)20(4)9-12(21)17-11-7-5-6-10(16)8-11/h5-8H,9H2,1-4H3,(H,17,21). The average molecular weight is 339 g/mol. The van der Waals surface area contributed by atoms with Crippen molar-refractivity contribution in [1.29, 1.82) is 0 Å². The molecule has 1 aromatic carbocycles. The van der Waals surface area contributed by atoms with E-state index in [0.717, 1.165) is 11.0 Å². The van der Waals surface area contributed by atoms with Crippen molar-refractivity contribution in [2.75, 3.05) is 23.8 Å². The van der Waals surface area contributed by atoms with Crippen molar-refractivity contribution in [3.8, 4) is 0 Å². The number of carbonyl (C=O) groups is 1. The number of likely N-dealkylation sites (N-methyl/N-ethyl adjacent to an activating group) is 1. The van der Waals surface area contributed by atoms with Crippen LogP contribution in [0.25, 0.3) is 0 Å². The number of halogens is 1. The third kappa shape index (κ3) is 4.42. The first-order chi connectivity index (χ1) is 10.3. The molecule has 7 heteroatoms. The molecule has 1 amide bonds. The van der Waals surface area contributed by atoms with Crippen molar-refractivity contribution in [3.63, 3.8) is 0 Å². The normalized spacial score (nSPS) is 11.3.